The van der Waals surface area contributed by atoms with E-state index in [4.69, 9.17) is 14.6 Å². The van der Waals surface area contributed by atoms with Crippen molar-refractivity contribution >= 4 is 50.0 Å². The smallest absolute Gasteiger partial charge is 0.489 e. The van der Waals surface area contributed by atoms with E-state index >= 15 is 0 Å². The number of carbonyl (C=O) groups excluding carboxylic acids is 2. The van der Waals surface area contributed by atoms with Gasteiger partial charge in [-0.05, 0) is 54.8 Å². The number of thiophene rings is 1. The molecule has 0 aliphatic carbocycles. The Balaban J connectivity index is 0.000000493. The maximum Gasteiger partial charge on any atom is 0.490 e. The van der Waals surface area contributed by atoms with Crippen molar-refractivity contribution in [2.24, 2.45) is 0 Å². The molecule has 1 saturated heterocycles. The number of amides is 3. The minimum atomic E-state index is -5.08. The molecule has 3 N–H and O–H groups in total. The molecule has 5 rings (SSSR count). The van der Waals surface area contributed by atoms with Crippen LogP contribution in [-0.4, -0.2) is 42.6 Å². The average Bonchev–Trinajstić information content (AvgIpc) is 3.53. The van der Waals surface area contributed by atoms with Gasteiger partial charge in [0.05, 0.1) is 20.2 Å². The van der Waals surface area contributed by atoms with E-state index in [1.54, 1.807) is 17.5 Å². The molecular weight excluding hydrogens is 587 g/mol. The molecule has 1 aliphatic rings. The molecule has 2 aromatic carbocycles. The molecule has 3 heterocycles. The Bertz CT molecular complexity index is 1740. The number of carboxylic acids is 1. The highest BCUT2D eigenvalue weighted by molar-refractivity contribution is 7.91. The van der Waals surface area contributed by atoms with Crippen LogP contribution in [0.2, 0.25) is 0 Å². The molecule has 10 nitrogen and oxygen atoms in total. The van der Waals surface area contributed by atoms with E-state index in [9.17, 15) is 31.2 Å². The molecule has 2 aromatic heterocycles. The van der Waals surface area contributed by atoms with E-state index in [1.807, 2.05) is 37.3 Å². The number of fused-ring (bicyclic) bond motifs is 1. The standard InChI is InChI=1S/C24H19N3O5S2.C2HF3O2/c1-14-12-15(18-4-2-3-5-19(18)25-14)13-32-16-6-8-17(9-7-16)34(30,31)20-10-11-33-22(20)21-23(28)27-24(29)26-21;3-2(4,5)1(6)7/h2-12,21H,13H2,1H3,(H2,26,27,28,29);(H,6,7). The number of sulfone groups is 1. The summed E-state index contributed by atoms with van der Waals surface area (Å²) < 4.78 is 64.2. The third-order valence-electron chi connectivity index (χ3n) is 5.68. The zero-order valence-corrected chi connectivity index (χ0v) is 22.6. The number of hydrogen-bond acceptors (Lipinski definition) is 8. The number of imide groups is 1. The minimum absolute atomic E-state index is 0.00718. The van der Waals surface area contributed by atoms with Crippen LogP contribution in [0.5, 0.6) is 5.75 Å². The van der Waals surface area contributed by atoms with Crippen LogP contribution in [0.25, 0.3) is 10.9 Å². The Morgan fingerprint density at radius 3 is 2.37 bits per heavy atom. The van der Waals surface area contributed by atoms with E-state index in [1.165, 1.54) is 18.2 Å². The van der Waals surface area contributed by atoms with Crippen LogP contribution >= 0.6 is 11.3 Å². The van der Waals surface area contributed by atoms with Crippen molar-refractivity contribution in [1.29, 1.82) is 0 Å². The summed E-state index contributed by atoms with van der Waals surface area (Å²) >= 11 is 1.10. The fourth-order valence-electron chi connectivity index (χ4n) is 3.86. The normalized spacial score (nSPS) is 15.1. The first kappa shape index (κ1) is 29.5. The number of aliphatic carboxylic acids is 1. The number of nitrogens with one attached hydrogen (secondary N) is 2. The molecule has 1 fully saturated rings. The van der Waals surface area contributed by atoms with Gasteiger partial charge in [-0.3, -0.25) is 15.1 Å². The lowest BCUT2D eigenvalue weighted by atomic mass is 10.1. The summed E-state index contributed by atoms with van der Waals surface area (Å²) in [6.07, 6.45) is -5.08. The van der Waals surface area contributed by atoms with Gasteiger partial charge in [0.1, 0.15) is 18.4 Å². The lowest BCUT2D eigenvalue weighted by Crippen LogP contribution is -2.22. The van der Waals surface area contributed by atoms with Gasteiger partial charge in [0.2, 0.25) is 9.84 Å². The van der Waals surface area contributed by atoms with Crippen molar-refractivity contribution in [3.63, 3.8) is 0 Å². The number of hydrogen-bond donors (Lipinski definition) is 3. The predicted molar refractivity (Wildman–Crippen MR) is 140 cm³/mol. The SMILES string of the molecule is Cc1cc(COc2ccc(S(=O)(=O)c3ccsc3C3NC(=O)NC3=O)cc2)c2ccccc2n1.O=C(O)C(F)(F)F. The van der Waals surface area contributed by atoms with Crippen molar-refractivity contribution < 1.29 is 45.8 Å². The third-order valence-corrected chi connectivity index (χ3v) is 8.62. The van der Waals surface area contributed by atoms with Crippen LogP contribution in [0.4, 0.5) is 18.0 Å². The molecule has 1 aliphatic heterocycles. The zero-order valence-electron chi connectivity index (χ0n) is 20.9. The molecule has 41 heavy (non-hydrogen) atoms. The lowest BCUT2D eigenvalue weighted by Gasteiger charge is -2.12. The van der Waals surface area contributed by atoms with Crippen molar-refractivity contribution in [2.45, 2.75) is 35.5 Å². The van der Waals surface area contributed by atoms with Gasteiger partial charge in [0.25, 0.3) is 5.91 Å². The molecule has 0 bridgehead atoms. The Labute approximate surface area is 234 Å². The van der Waals surface area contributed by atoms with Crippen LogP contribution in [0, 0.1) is 6.92 Å². The molecule has 4 aromatic rings. The molecule has 214 valence electrons. The second-order valence-electron chi connectivity index (χ2n) is 8.55. The number of pyridine rings is 1. The summed E-state index contributed by atoms with van der Waals surface area (Å²) in [6, 6.07) is 15.7. The van der Waals surface area contributed by atoms with Crippen molar-refractivity contribution in [1.82, 2.24) is 15.6 Å². The molecular formula is C26H20F3N3O7S2. The number of rotatable bonds is 6. The number of halogens is 3. The van der Waals surface area contributed by atoms with Crippen LogP contribution < -0.4 is 15.4 Å². The van der Waals surface area contributed by atoms with Gasteiger partial charge < -0.3 is 15.2 Å². The van der Waals surface area contributed by atoms with Crippen molar-refractivity contribution in [3.05, 3.63) is 82.2 Å². The lowest BCUT2D eigenvalue weighted by molar-refractivity contribution is -0.192. The van der Waals surface area contributed by atoms with Crippen molar-refractivity contribution in [3.8, 4) is 5.75 Å². The number of carbonyl (C=O) groups is 3. The zero-order chi connectivity index (χ0) is 29.9. The molecule has 0 radical (unpaired) electrons. The van der Waals surface area contributed by atoms with Crippen LogP contribution in [0.15, 0.2) is 75.8 Å². The third kappa shape index (κ3) is 6.63. The fraction of sp³-hybridized carbons (Fsp3) is 0.154. The second kappa shape index (κ2) is 11.5. The van der Waals surface area contributed by atoms with Gasteiger partial charge in [0, 0.05) is 16.6 Å². The molecule has 15 heteroatoms. The Morgan fingerprint density at radius 2 is 1.76 bits per heavy atom. The number of ether oxygens (including phenoxy) is 1. The summed E-state index contributed by atoms with van der Waals surface area (Å²) in [6.45, 7) is 2.23. The summed E-state index contributed by atoms with van der Waals surface area (Å²) in [5, 5.41) is 14.3. The maximum atomic E-state index is 13.2. The quantitative estimate of drug-likeness (QED) is 0.271. The van der Waals surface area contributed by atoms with E-state index in [-0.39, 0.29) is 14.7 Å². The first-order valence-electron chi connectivity index (χ1n) is 11.6. The first-order chi connectivity index (χ1) is 19.3. The number of aromatic nitrogens is 1. The number of urea groups is 1. The summed E-state index contributed by atoms with van der Waals surface area (Å²) in [5.74, 6) is -2.82. The number of para-hydroxylation sites is 1. The number of carboxylic acid groups (broad SMARTS) is 1. The number of benzene rings is 2. The van der Waals surface area contributed by atoms with Gasteiger partial charge in [0.15, 0.2) is 0 Å². The molecule has 1 atom stereocenters. The van der Waals surface area contributed by atoms with Gasteiger partial charge in [-0.25, -0.2) is 18.0 Å². The van der Waals surface area contributed by atoms with E-state index in [0.29, 0.717) is 12.4 Å². The largest absolute Gasteiger partial charge is 0.490 e. The summed E-state index contributed by atoms with van der Waals surface area (Å²) in [4.78, 5) is 37.3. The number of alkyl halides is 3. The highest BCUT2D eigenvalue weighted by Crippen LogP contribution is 2.34. The summed E-state index contributed by atoms with van der Waals surface area (Å²) in [7, 11) is -3.91. The minimum Gasteiger partial charge on any atom is -0.489 e. The summed E-state index contributed by atoms with van der Waals surface area (Å²) in [5.41, 5.74) is 2.76. The monoisotopic (exact) mass is 607 g/mol. The Kier molecular flexibility index (Phi) is 8.30. The van der Waals surface area contributed by atoms with E-state index in [0.717, 1.165) is 33.5 Å². The van der Waals surface area contributed by atoms with Gasteiger partial charge >= 0.3 is 18.2 Å². The first-order valence-corrected chi connectivity index (χ1v) is 14.0. The topological polar surface area (TPSA) is 152 Å². The number of aryl methyl sites for hydroxylation is 1. The van der Waals surface area contributed by atoms with Gasteiger partial charge in [-0.15, -0.1) is 11.3 Å². The fourth-order valence-corrected chi connectivity index (χ4v) is 6.64. The second-order valence-corrected chi connectivity index (χ2v) is 11.4. The van der Waals surface area contributed by atoms with Crippen LogP contribution in [0.1, 0.15) is 22.2 Å². The van der Waals surface area contributed by atoms with Crippen LogP contribution in [0.3, 0.4) is 0 Å². The molecule has 0 spiro atoms. The average molecular weight is 608 g/mol. The van der Waals surface area contributed by atoms with Gasteiger partial charge in [-0.1, -0.05) is 18.2 Å². The Hall–Kier alpha value is -4.50. The predicted octanol–water partition coefficient (Wildman–Crippen LogP) is 4.53. The molecule has 1 unspecified atom stereocenters. The Morgan fingerprint density at radius 1 is 1.10 bits per heavy atom. The van der Waals surface area contributed by atoms with E-state index in [2.05, 4.69) is 15.6 Å². The molecule has 0 saturated carbocycles. The highest BCUT2D eigenvalue weighted by atomic mass is 32.2. The number of nitrogens with zero attached hydrogens (tertiary/aromatic N) is 1. The maximum absolute atomic E-state index is 13.2. The van der Waals surface area contributed by atoms with E-state index < -0.39 is 40.0 Å². The van der Waals surface area contributed by atoms with Gasteiger partial charge in [-0.2, -0.15) is 13.2 Å². The van der Waals surface area contributed by atoms with Crippen LogP contribution in [-0.2, 0) is 26.0 Å². The highest BCUT2D eigenvalue weighted by Gasteiger charge is 2.38. The molecule has 3 amide bonds. The van der Waals surface area contributed by atoms with Crippen molar-refractivity contribution in [2.75, 3.05) is 0 Å².